The minimum Gasteiger partial charge on any atom is -0.349 e. The van der Waals surface area contributed by atoms with Gasteiger partial charge in [0.1, 0.15) is 0 Å². The topological polar surface area (TPSA) is 48.5 Å². The van der Waals surface area contributed by atoms with Gasteiger partial charge in [-0.25, -0.2) is 0 Å². The lowest BCUT2D eigenvalue weighted by molar-refractivity contribution is -0.122. The van der Waals surface area contributed by atoms with Crippen LogP contribution in [0.2, 0.25) is 0 Å². The third-order valence-corrected chi connectivity index (χ3v) is 3.77. The molecule has 0 bridgehead atoms. The van der Waals surface area contributed by atoms with Crippen LogP contribution in [-0.4, -0.2) is 60.5 Å². The minimum atomic E-state index is 0.0788. The van der Waals surface area contributed by atoms with Crippen molar-refractivity contribution in [2.45, 2.75) is 25.4 Å². The number of aromatic nitrogens is 1. The second-order valence-corrected chi connectivity index (χ2v) is 5.59. The second kappa shape index (κ2) is 7.36. The van der Waals surface area contributed by atoms with Gasteiger partial charge < -0.3 is 10.2 Å². The molecule has 2 heterocycles. The second-order valence-electron chi connectivity index (χ2n) is 5.59. The van der Waals surface area contributed by atoms with Gasteiger partial charge in [0.25, 0.3) is 0 Å². The summed E-state index contributed by atoms with van der Waals surface area (Å²) in [5.41, 5.74) is 0.894. The maximum absolute atomic E-state index is 12.0. The van der Waals surface area contributed by atoms with Gasteiger partial charge in [0.2, 0.25) is 5.91 Å². The highest BCUT2D eigenvalue weighted by Crippen LogP contribution is 2.13. The van der Waals surface area contributed by atoms with Gasteiger partial charge in [-0.1, -0.05) is 6.07 Å². The zero-order chi connectivity index (χ0) is 14.4. The smallest absolute Gasteiger partial charge is 0.234 e. The van der Waals surface area contributed by atoms with Crippen molar-refractivity contribution in [3.8, 4) is 0 Å². The normalized spacial score (nSPS) is 20.1. The number of rotatable bonds is 5. The first-order chi connectivity index (χ1) is 9.65. The zero-order valence-electron chi connectivity index (χ0n) is 12.4. The van der Waals surface area contributed by atoms with Gasteiger partial charge in [-0.3, -0.25) is 14.7 Å². The number of hydrogen-bond acceptors (Lipinski definition) is 4. The highest BCUT2D eigenvalue weighted by atomic mass is 16.2. The molecule has 1 aliphatic rings. The van der Waals surface area contributed by atoms with E-state index in [0.29, 0.717) is 19.1 Å². The SMILES string of the molecule is CN(C)C1CCCN(CC(=O)NCc2ccccn2)C1. The quantitative estimate of drug-likeness (QED) is 0.861. The number of hydrogen-bond donors (Lipinski definition) is 1. The molecule has 0 aliphatic carbocycles. The average Bonchev–Trinajstić information content (AvgIpc) is 2.46. The Bertz CT molecular complexity index is 421. The van der Waals surface area contributed by atoms with Crippen molar-refractivity contribution >= 4 is 5.91 Å². The monoisotopic (exact) mass is 276 g/mol. The Morgan fingerprint density at radius 1 is 1.50 bits per heavy atom. The molecule has 1 amide bonds. The summed E-state index contributed by atoms with van der Waals surface area (Å²) in [6.07, 6.45) is 4.13. The predicted octanol–water partition coefficient (Wildman–Crippen LogP) is 0.724. The van der Waals surface area contributed by atoms with Crippen molar-refractivity contribution in [3.05, 3.63) is 30.1 Å². The van der Waals surface area contributed by atoms with E-state index in [1.54, 1.807) is 6.20 Å². The van der Waals surface area contributed by atoms with E-state index < -0.39 is 0 Å². The summed E-state index contributed by atoms with van der Waals surface area (Å²) >= 11 is 0. The molecule has 1 aromatic rings. The number of likely N-dealkylation sites (N-methyl/N-ethyl adjacent to an activating group) is 1. The summed E-state index contributed by atoms with van der Waals surface area (Å²) < 4.78 is 0. The molecular formula is C15H24N4O. The van der Waals surface area contributed by atoms with Crippen LogP contribution < -0.4 is 5.32 Å². The van der Waals surface area contributed by atoms with Crippen LogP contribution in [0.5, 0.6) is 0 Å². The van der Waals surface area contributed by atoms with Gasteiger partial charge in [0, 0.05) is 18.8 Å². The third kappa shape index (κ3) is 4.58. The fourth-order valence-corrected chi connectivity index (χ4v) is 2.55. The maximum Gasteiger partial charge on any atom is 0.234 e. The number of carbonyl (C=O) groups excluding carboxylic acids is 1. The fourth-order valence-electron chi connectivity index (χ4n) is 2.55. The summed E-state index contributed by atoms with van der Waals surface area (Å²) in [6, 6.07) is 6.29. The molecule has 1 aromatic heterocycles. The average molecular weight is 276 g/mol. The summed E-state index contributed by atoms with van der Waals surface area (Å²) in [7, 11) is 4.21. The van der Waals surface area contributed by atoms with E-state index >= 15 is 0 Å². The maximum atomic E-state index is 12.0. The highest BCUT2D eigenvalue weighted by Gasteiger charge is 2.22. The molecule has 1 unspecified atom stereocenters. The molecular weight excluding hydrogens is 252 g/mol. The van der Waals surface area contributed by atoms with E-state index in [1.807, 2.05) is 18.2 Å². The first-order valence-electron chi connectivity index (χ1n) is 7.20. The molecule has 0 radical (unpaired) electrons. The first-order valence-corrected chi connectivity index (χ1v) is 7.20. The minimum absolute atomic E-state index is 0.0788. The van der Waals surface area contributed by atoms with E-state index in [-0.39, 0.29) is 5.91 Å². The Kier molecular flexibility index (Phi) is 5.49. The molecule has 0 spiro atoms. The molecule has 5 nitrogen and oxygen atoms in total. The Hall–Kier alpha value is -1.46. The van der Waals surface area contributed by atoms with Crippen molar-refractivity contribution in [2.75, 3.05) is 33.7 Å². The lowest BCUT2D eigenvalue weighted by atomic mass is 10.1. The van der Waals surface area contributed by atoms with Crippen molar-refractivity contribution in [1.29, 1.82) is 0 Å². The van der Waals surface area contributed by atoms with Crippen LogP contribution in [0.25, 0.3) is 0 Å². The molecule has 2 rings (SSSR count). The number of pyridine rings is 1. The van der Waals surface area contributed by atoms with E-state index in [1.165, 1.54) is 6.42 Å². The lowest BCUT2D eigenvalue weighted by Crippen LogP contribution is -2.48. The van der Waals surface area contributed by atoms with Crippen molar-refractivity contribution in [3.63, 3.8) is 0 Å². The van der Waals surface area contributed by atoms with Gasteiger partial charge in [0.05, 0.1) is 18.8 Å². The Morgan fingerprint density at radius 2 is 2.35 bits per heavy atom. The van der Waals surface area contributed by atoms with Crippen LogP contribution in [0.15, 0.2) is 24.4 Å². The largest absolute Gasteiger partial charge is 0.349 e. The van der Waals surface area contributed by atoms with Gasteiger partial charge in [-0.15, -0.1) is 0 Å². The van der Waals surface area contributed by atoms with Gasteiger partial charge >= 0.3 is 0 Å². The molecule has 0 aromatic carbocycles. The number of nitrogens with one attached hydrogen (secondary N) is 1. The van der Waals surface area contributed by atoms with Crippen LogP contribution in [0, 0.1) is 0 Å². The number of amides is 1. The molecule has 0 saturated carbocycles. The Morgan fingerprint density at radius 3 is 3.05 bits per heavy atom. The van der Waals surface area contributed by atoms with Crippen LogP contribution in [0.1, 0.15) is 18.5 Å². The van der Waals surface area contributed by atoms with Gasteiger partial charge in [-0.05, 0) is 45.6 Å². The highest BCUT2D eigenvalue weighted by molar-refractivity contribution is 5.77. The van der Waals surface area contributed by atoms with Crippen molar-refractivity contribution in [1.82, 2.24) is 20.1 Å². The van der Waals surface area contributed by atoms with Gasteiger partial charge in [0.15, 0.2) is 0 Å². The summed E-state index contributed by atoms with van der Waals surface area (Å²) in [4.78, 5) is 20.7. The van der Waals surface area contributed by atoms with Crippen LogP contribution in [0.4, 0.5) is 0 Å². The van der Waals surface area contributed by atoms with Crippen molar-refractivity contribution < 1.29 is 4.79 Å². The third-order valence-electron chi connectivity index (χ3n) is 3.77. The number of nitrogens with zero attached hydrogens (tertiary/aromatic N) is 3. The summed E-state index contributed by atoms with van der Waals surface area (Å²) in [6.45, 7) is 2.98. The molecule has 1 aliphatic heterocycles. The molecule has 1 saturated heterocycles. The summed E-state index contributed by atoms with van der Waals surface area (Å²) in [5.74, 6) is 0.0788. The van der Waals surface area contributed by atoms with E-state index in [4.69, 9.17) is 0 Å². The fraction of sp³-hybridized carbons (Fsp3) is 0.600. The van der Waals surface area contributed by atoms with Crippen LogP contribution in [-0.2, 0) is 11.3 Å². The molecule has 5 heteroatoms. The van der Waals surface area contributed by atoms with E-state index in [2.05, 4.69) is 34.2 Å². The standard InChI is InChI=1S/C15H24N4O/c1-18(2)14-7-5-9-19(11-14)12-15(20)17-10-13-6-3-4-8-16-13/h3-4,6,8,14H,5,7,9-12H2,1-2H3,(H,17,20). The van der Waals surface area contributed by atoms with Crippen molar-refractivity contribution in [2.24, 2.45) is 0 Å². The number of carbonyl (C=O) groups is 1. The molecule has 1 atom stereocenters. The summed E-state index contributed by atoms with van der Waals surface area (Å²) in [5, 5.41) is 2.93. The Labute approximate surface area is 121 Å². The predicted molar refractivity (Wildman–Crippen MR) is 79.2 cm³/mol. The zero-order valence-corrected chi connectivity index (χ0v) is 12.4. The molecule has 1 fully saturated rings. The number of piperidine rings is 1. The molecule has 20 heavy (non-hydrogen) atoms. The lowest BCUT2D eigenvalue weighted by Gasteiger charge is -2.35. The number of likely N-dealkylation sites (tertiary alicyclic amines) is 1. The Balaban J connectivity index is 1.74. The van der Waals surface area contributed by atoms with Crippen LogP contribution in [0.3, 0.4) is 0 Å². The van der Waals surface area contributed by atoms with Crippen LogP contribution >= 0.6 is 0 Å². The molecule has 110 valence electrons. The molecule has 1 N–H and O–H groups in total. The van der Waals surface area contributed by atoms with Gasteiger partial charge in [-0.2, -0.15) is 0 Å². The van der Waals surface area contributed by atoms with E-state index in [9.17, 15) is 4.79 Å². The van der Waals surface area contributed by atoms with E-state index in [0.717, 1.165) is 25.2 Å². The first kappa shape index (κ1) is 14.9.